The van der Waals surface area contributed by atoms with Crippen molar-refractivity contribution in [2.45, 2.75) is 121 Å². The molecule has 8 N–H and O–H groups in total. The molecule has 72 heavy (non-hydrogen) atoms. The highest BCUT2D eigenvalue weighted by Gasteiger charge is 2.60. The first kappa shape index (κ1) is 56.1. The molecule has 21 heteroatoms. The summed E-state index contributed by atoms with van der Waals surface area (Å²) in [4.78, 5) is 80.1. The fourth-order valence-electron chi connectivity index (χ4n) is 8.88. The number of thiazole rings is 1. The summed E-state index contributed by atoms with van der Waals surface area (Å²) in [6.45, 7) is 8.50. The van der Waals surface area contributed by atoms with Gasteiger partial charge in [0.15, 0.2) is 17.3 Å². The topological polar surface area (TPSA) is 217 Å². The van der Waals surface area contributed by atoms with Crippen LogP contribution in [0.3, 0.4) is 0 Å². The molecule has 4 aromatic rings. The summed E-state index contributed by atoms with van der Waals surface area (Å²) in [5, 5.41) is 22.6. The van der Waals surface area contributed by atoms with E-state index in [1.807, 2.05) is 41.6 Å². The zero-order valence-electron chi connectivity index (χ0n) is 40.8. The molecule has 1 saturated carbocycles. The Labute approximate surface area is 434 Å². The summed E-state index contributed by atoms with van der Waals surface area (Å²) in [6, 6.07) is 12.0. The number of carbonyl (C=O) groups excluding carboxylic acids is 5. The molecule has 0 bridgehead atoms. The van der Waals surface area contributed by atoms with E-state index < -0.39 is 81.5 Å². The second-order valence-corrected chi connectivity index (χ2v) is 21.6. The Morgan fingerprint density at radius 2 is 1.62 bits per heavy atom. The average molecular weight is 1140 g/mol. The van der Waals surface area contributed by atoms with Crippen molar-refractivity contribution in [1.82, 2.24) is 31.3 Å². The van der Waals surface area contributed by atoms with Gasteiger partial charge in [-0.1, -0.05) is 64.3 Å². The van der Waals surface area contributed by atoms with E-state index in [9.17, 15) is 46.6 Å². The van der Waals surface area contributed by atoms with Crippen molar-refractivity contribution in [2.75, 3.05) is 38.1 Å². The molecule has 3 unspecified atom stereocenters. The van der Waals surface area contributed by atoms with E-state index in [1.165, 1.54) is 28.4 Å². The van der Waals surface area contributed by atoms with E-state index in [2.05, 4.69) is 31.7 Å². The van der Waals surface area contributed by atoms with Crippen LogP contribution in [0.2, 0.25) is 0 Å². The number of unbranched alkanes of at least 4 members (excludes halogenated alkanes) is 4. The van der Waals surface area contributed by atoms with Crippen LogP contribution in [0.25, 0.3) is 10.4 Å². The van der Waals surface area contributed by atoms with Crippen molar-refractivity contribution in [1.29, 1.82) is 0 Å². The smallest absolute Gasteiger partial charge is 0.277 e. The minimum atomic E-state index is -2.08. The molecule has 1 saturated heterocycles. The third kappa shape index (κ3) is 13.9. The van der Waals surface area contributed by atoms with Crippen molar-refractivity contribution in [3.05, 3.63) is 98.0 Å². The Bertz CT molecular complexity index is 2580. The van der Waals surface area contributed by atoms with Crippen LogP contribution in [0.1, 0.15) is 113 Å². The normalized spacial score (nSPS) is 18.0. The number of nitrogens with one attached hydrogen (secondary N) is 5. The number of nitrogens with zero attached hydrogens (tertiary/aromatic N) is 2. The van der Waals surface area contributed by atoms with Gasteiger partial charge in [-0.3, -0.25) is 28.8 Å². The third-order valence-corrected chi connectivity index (χ3v) is 14.7. The van der Waals surface area contributed by atoms with Gasteiger partial charge in [0.25, 0.3) is 11.8 Å². The van der Waals surface area contributed by atoms with E-state index in [0.29, 0.717) is 35.1 Å². The molecule has 15 nitrogen and oxygen atoms in total. The lowest BCUT2D eigenvalue weighted by Gasteiger charge is -2.44. The summed E-state index contributed by atoms with van der Waals surface area (Å²) < 4.78 is 58.8. The minimum Gasteiger partial charge on any atom is -0.391 e. The van der Waals surface area contributed by atoms with E-state index in [0.717, 1.165) is 60.5 Å². The molecule has 1 aliphatic carbocycles. The van der Waals surface area contributed by atoms with Crippen molar-refractivity contribution in [2.24, 2.45) is 11.1 Å². The Morgan fingerprint density at radius 1 is 0.944 bits per heavy atom. The maximum absolute atomic E-state index is 14.9. The van der Waals surface area contributed by atoms with Crippen LogP contribution in [0, 0.1) is 33.4 Å². The van der Waals surface area contributed by atoms with Crippen LogP contribution in [-0.4, -0.2) is 101 Å². The number of hydroxylamine groups is 1. The number of hydrogen-bond acceptors (Lipinski definition) is 11. The number of halogens is 5. The standard InChI is InChI=1S/C51H63F4IN8O7S/c1-30-43(72-29-60-30)32-13-11-31(12-14-32)36(51(47(57)69)27-34(65)28-64(51)46(68)44(49(2,3)4)62-48(70)50(55)19-20-50)26-40(66)59-23-9-7-5-6-8-21-58-22-10-24-71-63-45(67)35-16-17-37(52)41(54)42(35)61-39-18-15-33(56)25-38(39)53/h11-18,25,29,34,36,44,58,61,65H,5-10,19-24,26-28H2,1-4H3,(H2,57,69)(H,59,66)(H,62,70)(H,63,67)/t34?,36-,44?,51?/m0/s1. The lowest BCUT2D eigenvalue weighted by Crippen LogP contribution is -2.65. The SMILES string of the molecule is Cc1ncsc1-c1ccc([C@H](CC(=O)NCCCCCCCNCCCONC(=O)c2ccc(F)c(F)c2Nc2ccc(I)cc2F)C2(C(N)=O)CC(O)CN2C(=O)C(NC(=O)C2(F)CC2)C(C)(C)C)cc1. The van der Waals surface area contributed by atoms with Gasteiger partial charge < -0.3 is 37.0 Å². The number of aliphatic hydroxyl groups is 1. The van der Waals surface area contributed by atoms with Crippen LogP contribution in [0.15, 0.2) is 60.1 Å². The fraction of sp³-hybridized carbons (Fsp3) is 0.490. The second kappa shape index (κ2) is 24.7. The number of β-amino-alcohol motifs (C(OH)–C–C–N with tert-alkyl or cyclic N) is 1. The van der Waals surface area contributed by atoms with Gasteiger partial charge in [0, 0.05) is 35.4 Å². The molecular formula is C51H63F4IN8O7S. The zero-order valence-corrected chi connectivity index (χ0v) is 43.8. The Morgan fingerprint density at radius 3 is 2.26 bits per heavy atom. The predicted octanol–water partition coefficient (Wildman–Crippen LogP) is 7.62. The molecule has 4 atom stereocenters. The molecule has 3 aromatic carbocycles. The zero-order chi connectivity index (χ0) is 52.4. The monoisotopic (exact) mass is 1130 g/mol. The van der Waals surface area contributed by atoms with Gasteiger partial charge in [-0.25, -0.2) is 28.0 Å². The summed E-state index contributed by atoms with van der Waals surface area (Å²) in [5.74, 6) is -8.06. The minimum absolute atomic E-state index is 0.0337. The maximum atomic E-state index is 14.9. The van der Waals surface area contributed by atoms with Crippen LogP contribution >= 0.6 is 33.9 Å². The van der Waals surface area contributed by atoms with E-state index in [4.69, 9.17) is 10.6 Å². The number of hydrogen-bond donors (Lipinski definition) is 7. The van der Waals surface area contributed by atoms with Gasteiger partial charge in [0.1, 0.15) is 17.4 Å². The Kier molecular flexibility index (Phi) is 19.2. The second-order valence-electron chi connectivity index (χ2n) is 19.5. The lowest BCUT2D eigenvalue weighted by molar-refractivity contribution is -0.151. The number of nitrogens with two attached hydrogens (primary N) is 1. The molecule has 390 valence electrons. The summed E-state index contributed by atoms with van der Waals surface area (Å²) in [6.07, 6.45) is 3.07. The molecule has 0 spiro atoms. The third-order valence-electron chi connectivity index (χ3n) is 13.0. The first-order chi connectivity index (χ1) is 34.2. The number of rotatable bonds is 25. The molecule has 2 fully saturated rings. The number of benzene rings is 3. The van der Waals surface area contributed by atoms with Crippen LogP contribution in [0.4, 0.5) is 28.9 Å². The lowest BCUT2D eigenvalue weighted by atomic mass is 9.73. The van der Waals surface area contributed by atoms with Gasteiger partial charge >= 0.3 is 0 Å². The molecule has 1 aromatic heterocycles. The van der Waals surface area contributed by atoms with Crippen LogP contribution in [-0.2, 0) is 24.0 Å². The molecule has 6 rings (SSSR count). The molecule has 2 aliphatic rings. The van der Waals surface area contributed by atoms with Gasteiger partial charge in [0.2, 0.25) is 17.7 Å². The summed E-state index contributed by atoms with van der Waals surface area (Å²) >= 11 is 3.37. The first-order valence-electron chi connectivity index (χ1n) is 24.1. The Hall–Kier alpha value is -5.23. The van der Waals surface area contributed by atoms with Gasteiger partial charge in [-0.15, -0.1) is 11.3 Å². The van der Waals surface area contributed by atoms with Gasteiger partial charge in [0.05, 0.1) is 45.7 Å². The number of alkyl halides is 1. The number of anilines is 2. The first-order valence-corrected chi connectivity index (χ1v) is 26.0. The number of primary amides is 1. The average Bonchev–Trinajstić information content (AvgIpc) is 3.77. The quantitative estimate of drug-likeness (QED) is 0.0149. The highest BCUT2D eigenvalue weighted by atomic mass is 127. The number of aliphatic hydroxyl groups excluding tert-OH is 1. The van der Waals surface area contributed by atoms with Crippen LogP contribution < -0.4 is 32.5 Å². The maximum Gasteiger partial charge on any atom is 0.277 e. The van der Waals surface area contributed by atoms with E-state index >= 15 is 0 Å². The largest absolute Gasteiger partial charge is 0.391 e. The summed E-state index contributed by atoms with van der Waals surface area (Å²) in [7, 11) is 0. The predicted molar refractivity (Wildman–Crippen MR) is 274 cm³/mol. The number of aromatic nitrogens is 1. The highest BCUT2D eigenvalue weighted by Crippen LogP contribution is 2.46. The number of carbonyl (C=O) groups is 5. The number of amides is 5. The molecule has 0 radical (unpaired) electrons. The molecule has 1 aliphatic heterocycles. The van der Waals surface area contributed by atoms with Gasteiger partial charge in [-0.05, 0) is 122 Å². The Balaban J connectivity index is 0.966. The van der Waals surface area contributed by atoms with Crippen LogP contribution in [0.5, 0.6) is 0 Å². The van der Waals surface area contributed by atoms with Crippen molar-refractivity contribution in [3.63, 3.8) is 0 Å². The fourth-order valence-corrected chi connectivity index (χ4v) is 10.1. The highest BCUT2D eigenvalue weighted by molar-refractivity contribution is 14.1. The van der Waals surface area contributed by atoms with Crippen molar-refractivity contribution < 1.29 is 51.5 Å². The summed E-state index contributed by atoms with van der Waals surface area (Å²) in [5.41, 5.74) is 6.61. The van der Waals surface area contributed by atoms with Crippen molar-refractivity contribution in [3.8, 4) is 10.4 Å². The van der Waals surface area contributed by atoms with Gasteiger partial charge in [-0.2, -0.15) is 0 Å². The number of aryl methyl sites for hydroxylation is 1. The number of likely N-dealkylation sites (tertiary alicyclic amines) is 1. The molecule has 2 heterocycles. The van der Waals surface area contributed by atoms with E-state index in [1.54, 1.807) is 44.5 Å². The molecule has 5 amide bonds. The van der Waals surface area contributed by atoms with E-state index in [-0.39, 0.29) is 56.0 Å². The molecular weight excluding hydrogens is 1070 g/mol. The van der Waals surface area contributed by atoms with Crippen molar-refractivity contribution >= 4 is 74.8 Å².